The molecule has 0 spiro atoms. The molecule has 1 unspecified atom stereocenters. The van der Waals surface area contributed by atoms with E-state index in [2.05, 4.69) is 20.6 Å². The summed E-state index contributed by atoms with van der Waals surface area (Å²) in [6.07, 6.45) is 4.39. The zero-order valence-corrected chi connectivity index (χ0v) is 18.3. The van der Waals surface area contributed by atoms with Gasteiger partial charge < -0.3 is 26.2 Å². The molecule has 2 saturated heterocycles. The third-order valence-electron chi connectivity index (χ3n) is 5.85. The highest BCUT2D eigenvalue weighted by atomic mass is 35.5. The number of nitrogens with one attached hydrogen (secondary N) is 2. The normalized spacial score (nSPS) is 21.6. The molecule has 1 amide bonds. The molecular formula is C21H26ClF2N7O. The van der Waals surface area contributed by atoms with Gasteiger partial charge in [0, 0.05) is 36.4 Å². The van der Waals surface area contributed by atoms with Crippen LogP contribution >= 0.6 is 11.6 Å². The number of likely N-dealkylation sites (tertiary alicyclic amines) is 1. The van der Waals surface area contributed by atoms with Crippen LogP contribution in [0.5, 0.6) is 0 Å². The van der Waals surface area contributed by atoms with E-state index in [9.17, 15) is 13.6 Å². The highest BCUT2D eigenvalue weighted by Crippen LogP contribution is 2.28. The van der Waals surface area contributed by atoms with Gasteiger partial charge in [0.1, 0.15) is 18.2 Å². The van der Waals surface area contributed by atoms with E-state index in [1.54, 1.807) is 6.07 Å². The predicted octanol–water partition coefficient (Wildman–Crippen LogP) is 2.81. The van der Waals surface area contributed by atoms with Crippen LogP contribution in [0.4, 0.5) is 26.1 Å². The Balaban J connectivity index is 1.47. The minimum atomic E-state index is -0.550. The van der Waals surface area contributed by atoms with E-state index in [1.165, 1.54) is 18.5 Å². The van der Waals surface area contributed by atoms with E-state index in [1.807, 2.05) is 9.80 Å². The standard InChI is InChI=1S/C21H26ClF2N7O/c22-13-7-14(23)9-15(8-13)29-17-4-2-6-31(21(17)32)16-3-1-5-30(10-16)20-18(24)19(26-11-25)27-12-28-20/h7-9,12,16-17,29H,1-6,10-11,25H2,(H,26,27,28)/t16-,17?/m1/s1. The van der Waals surface area contributed by atoms with Crippen LogP contribution in [-0.2, 0) is 4.79 Å². The number of anilines is 3. The maximum absolute atomic E-state index is 14.8. The molecule has 8 nitrogen and oxygen atoms in total. The molecule has 2 atom stereocenters. The van der Waals surface area contributed by atoms with E-state index in [-0.39, 0.29) is 35.3 Å². The molecule has 1 aromatic carbocycles. The number of benzene rings is 1. The Hall–Kier alpha value is -2.72. The molecule has 32 heavy (non-hydrogen) atoms. The maximum atomic E-state index is 14.8. The number of carbonyl (C=O) groups is 1. The third-order valence-corrected chi connectivity index (χ3v) is 6.07. The lowest BCUT2D eigenvalue weighted by Gasteiger charge is -2.43. The number of hydrogen-bond acceptors (Lipinski definition) is 7. The number of halogens is 3. The van der Waals surface area contributed by atoms with Crippen molar-refractivity contribution in [2.45, 2.75) is 37.8 Å². The average molecular weight is 466 g/mol. The Morgan fingerprint density at radius 2 is 1.97 bits per heavy atom. The molecule has 0 aliphatic carbocycles. The van der Waals surface area contributed by atoms with Gasteiger partial charge >= 0.3 is 0 Å². The summed E-state index contributed by atoms with van der Waals surface area (Å²) < 4.78 is 28.5. The van der Waals surface area contributed by atoms with Crippen molar-refractivity contribution in [2.75, 3.05) is 41.8 Å². The molecule has 2 fully saturated rings. The lowest BCUT2D eigenvalue weighted by atomic mass is 9.97. The minimum Gasteiger partial charge on any atom is -0.374 e. The van der Waals surface area contributed by atoms with Crippen LogP contribution < -0.4 is 21.3 Å². The molecule has 0 bridgehead atoms. The van der Waals surface area contributed by atoms with Crippen molar-refractivity contribution in [3.05, 3.63) is 41.2 Å². The largest absolute Gasteiger partial charge is 0.374 e. The summed E-state index contributed by atoms with van der Waals surface area (Å²) in [5.74, 6) is -0.789. The van der Waals surface area contributed by atoms with E-state index in [4.69, 9.17) is 17.3 Å². The molecule has 4 rings (SSSR count). The van der Waals surface area contributed by atoms with Crippen molar-refractivity contribution < 1.29 is 13.6 Å². The van der Waals surface area contributed by atoms with Crippen LogP contribution in [-0.4, -0.2) is 59.2 Å². The van der Waals surface area contributed by atoms with Gasteiger partial charge in [-0.15, -0.1) is 0 Å². The van der Waals surface area contributed by atoms with Gasteiger partial charge in [-0.3, -0.25) is 4.79 Å². The summed E-state index contributed by atoms with van der Waals surface area (Å²) in [6, 6.07) is 3.61. The predicted molar refractivity (Wildman–Crippen MR) is 120 cm³/mol. The number of carbonyl (C=O) groups excluding carboxylic acids is 1. The number of nitrogens with two attached hydrogens (primary N) is 1. The summed E-state index contributed by atoms with van der Waals surface area (Å²) in [4.78, 5) is 25.0. The van der Waals surface area contributed by atoms with Crippen LogP contribution in [0.1, 0.15) is 25.7 Å². The van der Waals surface area contributed by atoms with E-state index < -0.39 is 17.7 Å². The van der Waals surface area contributed by atoms with E-state index in [0.717, 1.165) is 19.3 Å². The van der Waals surface area contributed by atoms with Crippen molar-refractivity contribution >= 4 is 34.8 Å². The first-order valence-corrected chi connectivity index (χ1v) is 11.1. The zero-order valence-electron chi connectivity index (χ0n) is 17.5. The third kappa shape index (κ3) is 4.86. The SMILES string of the molecule is NCNc1ncnc(N2CCC[C@@H](N3CCCC(Nc4cc(F)cc(Cl)c4)C3=O)C2)c1F. The first-order valence-electron chi connectivity index (χ1n) is 10.7. The molecule has 4 N–H and O–H groups in total. The van der Waals surface area contributed by atoms with Crippen LogP contribution in [0.25, 0.3) is 0 Å². The van der Waals surface area contributed by atoms with Crippen molar-refractivity contribution in [3.8, 4) is 0 Å². The number of rotatable bonds is 6. The summed E-state index contributed by atoms with van der Waals surface area (Å²) in [5, 5.41) is 6.08. The molecule has 1 aromatic heterocycles. The number of aromatic nitrogens is 2. The molecule has 172 valence electrons. The van der Waals surface area contributed by atoms with Crippen LogP contribution in [0.3, 0.4) is 0 Å². The van der Waals surface area contributed by atoms with Crippen LogP contribution in [0, 0.1) is 11.6 Å². The van der Waals surface area contributed by atoms with Gasteiger partial charge in [-0.25, -0.2) is 14.4 Å². The second-order valence-corrected chi connectivity index (χ2v) is 8.45. The average Bonchev–Trinajstić information content (AvgIpc) is 2.76. The van der Waals surface area contributed by atoms with E-state index >= 15 is 0 Å². The Morgan fingerprint density at radius 1 is 1.16 bits per heavy atom. The Kier molecular flexibility index (Phi) is 6.90. The maximum Gasteiger partial charge on any atom is 0.245 e. The molecule has 11 heteroatoms. The molecule has 2 aromatic rings. The molecular weight excluding hydrogens is 440 g/mol. The van der Waals surface area contributed by atoms with Gasteiger partial charge in [-0.05, 0) is 43.9 Å². The number of hydrogen-bond donors (Lipinski definition) is 3. The first-order chi connectivity index (χ1) is 15.5. The van der Waals surface area contributed by atoms with Crippen LogP contribution in [0.2, 0.25) is 5.02 Å². The monoisotopic (exact) mass is 465 g/mol. The minimum absolute atomic E-state index is 0.0443. The smallest absolute Gasteiger partial charge is 0.245 e. The van der Waals surface area contributed by atoms with Gasteiger partial charge in [0.25, 0.3) is 0 Å². The number of amides is 1. The zero-order chi connectivity index (χ0) is 22.7. The second kappa shape index (κ2) is 9.83. The Bertz CT molecular complexity index is 959. The second-order valence-electron chi connectivity index (χ2n) is 8.01. The van der Waals surface area contributed by atoms with Gasteiger partial charge in [-0.2, -0.15) is 4.39 Å². The van der Waals surface area contributed by atoms with Crippen molar-refractivity contribution in [1.29, 1.82) is 0 Å². The quantitative estimate of drug-likeness (QED) is 0.564. The summed E-state index contributed by atoms with van der Waals surface area (Å²) in [5.41, 5.74) is 5.92. The summed E-state index contributed by atoms with van der Waals surface area (Å²) in [6.45, 7) is 1.80. The molecule has 0 radical (unpaired) electrons. The molecule has 3 heterocycles. The molecule has 0 saturated carbocycles. The van der Waals surface area contributed by atoms with Crippen LogP contribution in [0.15, 0.2) is 24.5 Å². The fourth-order valence-corrected chi connectivity index (χ4v) is 4.66. The fourth-order valence-electron chi connectivity index (χ4n) is 4.44. The highest BCUT2D eigenvalue weighted by molar-refractivity contribution is 6.30. The fraction of sp³-hybridized carbons (Fsp3) is 0.476. The van der Waals surface area contributed by atoms with Gasteiger partial charge in [0.15, 0.2) is 11.6 Å². The van der Waals surface area contributed by atoms with Crippen molar-refractivity contribution in [1.82, 2.24) is 14.9 Å². The Morgan fingerprint density at radius 3 is 2.75 bits per heavy atom. The number of nitrogens with zero attached hydrogens (tertiary/aromatic N) is 4. The van der Waals surface area contributed by atoms with Gasteiger partial charge in [0.2, 0.25) is 11.7 Å². The lowest BCUT2D eigenvalue weighted by Crippen LogP contribution is -2.56. The van der Waals surface area contributed by atoms with Gasteiger partial charge in [0.05, 0.1) is 6.67 Å². The van der Waals surface area contributed by atoms with Crippen molar-refractivity contribution in [3.63, 3.8) is 0 Å². The molecule has 2 aliphatic heterocycles. The Labute approximate surface area is 190 Å². The lowest BCUT2D eigenvalue weighted by molar-refractivity contribution is -0.137. The van der Waals surface area contributed by atoms with Gasteiger partial charge in [-0.1, -0.05) is 11.6 Å². The highest BCUT2D eigenvalue weighted by Gasteiger charge is 2.36. The summed E-state index contributed by atoms with van der Waals surface area (Å²) >= 11 is 5.94. The first kappa shape index (κ1) is 22.5. The molecule has 2 aliphatic rings. The van der Waals surface area contributed by atoms with E-state index in [0.29, 0.717) is 31.7 Å². The summed E-state index contributed by atoms with van der Waals surface area (Å²) in [7, 11) is 0. The topological polar surface area (TPSA) is 99.4 Å². The van der Waals surface area contributed by atoms with Crippen molar-refractivity contribution in [2.24, 2.45) is 5.73 Å². The number of piperidine rings is 2.